The van der Waals surface area contributed by atoms with Crippen molar-refractivity contribution >= 4 is 5.69 Å². The maximum absolute atomic E-state index is 12.6. The highest BCUT2D eigenvalue weighted by molar-refractivity contribution is 5.44. The fourth-order valence-corrected chi connectivity index (χ4v) is 0.841. The molecule has 1 aromatic carbocycles. The van der Waals surface area contributed by atoms with Gasteiger partial charge in [0.15, 0.2) is 11.6 Å². The molecule has 1 aromatic rings. The van der Waals surface area contributed by atoms with Crippen molar-refractivity contribution in [3.8, 4) is 11.8 Å². The van der Waals surface area contributed by atoms with Crippen LogP contribution >= 0.6 is 0 Å². The van der Waals surface area contributed by atoms with Gasteiger partial charge in [0.1, 0.15) is 0 Å². The first-order valence-corrected chi connectivity index (χ1v) is 3.82. The minimum Gasteiger partial charge on any atom is -0.374 e. The van der Waals surface area contributed by atoms with Crippen molar-refractivity contribution < 1.29 is 8.78 Å². The molecule has 0 aliphatic heterocycles. The lowest BCUT2D eigenvalue weighted by atomic mass is 10.3. The maximum Gasteiger partial charge on any atom is 0.160 e. The molecule has 1 N–H and O–H groups in total. The molecule has 0 fully saturated rings. The van der Waals surface area contributed by atoms with E-state index < -0.39 is 11.6 Å². The predicted octanol–water partition coefficient (Wildman–Crippen LogP) is 2.40. The van der Waals surface area contributed by atoms with Gasteiger partial charge in [0.05, 0.1) is 6.54 Å². The van der Waals surface area contributed by atoms with Gasteiger partial charge >= 0.3 is 0 Å². The number of benzene rings is 1. The highest BCUT2D eigenvalue weighted by atomic mass is 19.2. The lowest BCUT2D eigenvalue weighted by Gasteiger charge is -2.01. The van der Waals surface area contributed by atoms with Crippen LogP contribution in [0.3, 0.4) is 0 Å². The molecule has 1 nitrogen and oxygen atoms in total. The third-order valence-electron chi connectivity index (χ3n) is 1.48. The van der Waals surface area contributed by atoms with Crippen molar-refractivity contribution in [3.63, 3.8) is 0 Å². The summed E-state index contributed by atoms with van der Waals surface area (Å²) < 4.78 is 25.1. The Kier molecular flexibility index (Phi) is 3.27. The number of anilines is 1. The van der Waals surface area contributed by atoms with Crippen LogP contribution < -0.4 is 5.32 Å². The lowest BCUT2D eigenvalue weighted by Crippen LogP contribution is -1.99. The van der Waals surface area contributed by atoms with E-state index in [4.69, 9.17) is 0 Å². The molecule has 0 saturated carbocycles. The second kappa shape index (κ2) is 4.46. The zero-order valence-electron chi connectivity index (χ0n) is 7.20. The summed E-state index contributed by atoms with van der Waals surface area (Å²) in [7, 11) is 0. The first kappa shape index (κ1) is 9.53. The lowest BCUT2D eigenvalue weighted by molar-refractivity contribution is 0.509. The van der Waals surface area contributed by atoms with Crippen molar-refractivity contribution in [2.75, 3.05) is 11.9 Å². The normalized spacial score (nSPS) is 8.85. The molecule has 0 aliphatic rings. The minimum atomic E-state index is -0.852. The third kappa shape index (κ3) is 2.75. The summed E-state index contributed by atoms with van der Waals surface area (Å²) >= 11 is 0. The van der Waals surface area contributed by atoms with E-state index in [2.05, 4.69) is 17.2 Å². The van der Waals surface area contributed by atoms with Gasteiger partial charge in [-0.25, -0.2) is 8.78 Å². The zero-order chi connectivity index (χ0) is 9.68. The minimum absolute atomic E-state index is 0.432. The molecule has 0 atom stereocenters. The largest absolute Gasteiger partial charge is 0.374 e. The van der Waals surface area contributed by atoms with Crippen LogP contribution in [0.4, 0.5) is 14.5 Å². The van der Waals surface area contributed by atoms with E-state index >= 15 is 0 Å². The van der Waals surface area contributed by atoms with Crippen LogP contribution in [-0.2, 0) is 0 Å². The van der Waals surface area contributed by atoms with Crippen molar-refractivity contribution in [2.24, 2.45) is 0 Å². The highest BCUT2D eigenvalue weighted by Crippen LogP contribution is 2.12. The Bertz CT molecular complexity index is 350. The van der Waals surface area contributed by atoms with E-state index in [1.165, 1.54) is 6.07 Å². The van der Waals surface area contributed by atoms with Crippen LogP contribution in [0.1, 0.15) is 6.92 Å². The second-order valence-corrected chi connectivity index (χ2v) is 2.41. The van der Waals surface area contributed by atoms with E-state index in [1.807, 2.05) is 0 Å². The molecular weight excluding hydrogens is 172 g/mol. The van der Waals surface area contributed by atoms with Crippen LogP contribution in [0, 0.1) is 23.5 Å². The fourth-order valence-electron chi connectivity index (χ4n) is 0.841. The summed E-state index contributed by atoms with van der Waals surface area (Å²) in [6.07, 6.45) is 0. The quantitative estimate of drug-likeness (QED) is 0.691. The number of nitrogens with one attached hydrogen (secondary N) is 1. The van der Waals surface area contributed by atoms with Crippen molar-refractivity contribution in [1.82, 2.24) is 0 Å². The van der Waals surface area contributed by atoms with Gasteiger partial charge in [-0.2, -0.15) is 0 Å². The van der Waals surface area contributed by atoms with Crippen molar-refractivity contribution in [2.45, 2.75) is 6.92 Å². The average Bonchev–Trinajstić information content (AvgIpc) is 2.12. The van der Waals surface area contributed by atoms with E-state index in [0.717, 1.165) is 12.1 Å². The average molecular weight is 181 g/mol. The Hall–Kier alpha value is -1.56. The van der Waals surface area contributed by atoms with E-state index in [9.17, 15) is 8.78 Å². The Balaban J connectivity index is 2.66. The van der Waals surface area contributed by atoms with Gasteiger partial charge in [0, 0.05) is 11.8 Å². The fraction of sp³-hybridized carbons (Fsp3) is 0.200. The van der Waals surface area contributed by atoms with E-state index in [1.54, 1.807) is 6.92 Å². The van der Waals surface area contributed by atoms with Gasteiger partial charge in [-0.15, -0.1) is 5.92 Å². The van der Waals surface area contributed by atoms with E-state index in [0.29, 0.717) is 12.2 Å². The summed E-state index contributed by atoms with van der Waals surface area (Å²) in [6.45, 7) is 2.15. The zero-order valence-corrected chi connectivity index (χ0v) is 7.20. The molecule has 0 saturated heterocycles. The van der Waals surface area contributed by atoms with Crippen molar-refractivity contribution in [3.05, 3.63) is 29.8 Å². The molecule has 0 bridgehead atoms. The molecule has 68 valence electrons. The molecule has 0 spiro atoms. The molecule has 0 heterocycles. The van der Waals surface area contributed by atoms with Crippen LogP contribution in [0.25, 0.3) is 0 Å². The summed E-state index contributed by atoms with van der Waals surface area (Å²) in [6, 6.07) is 3.65. The molecule has 0 aliphatic carbocycles. The third-order valence-corrected chi connectivity index (χ3v) is 1.48. The summed E-state index contributed by atoms with van der Waals surface area (Å²) in [5, 5.41) is 2.83. The number of rotatable bonds is 2. The van der Waals surface area contributed by atoms with Crippen LogP contribution in [0.2, 0.25) is 0 Å². The molecule has 3 heteroatoms. The molecule has 1 rings (SSSR count). The van der Waals surface area contributed by atoms with Crippen molar-refractivity contribution in [1.29, 1.82) is 0 Å². The summed E-state index contributed by atoms with van der Waals surface area (Å²) in [5.74, 6) is 3.74. The maximum atomic E-state index is 12.6. The number of halogens is 2. The molecular formula is C10H9F2N. The Morgan fingerprint density at radius 2 is 2.08 bits per heavy atom. The SMILES string of the molecule is CC#CCNc1ccc(F)c(F)c1. The van der Waals surface area contributed by atoms with Gasteiger partial charge < -0.3 is 5.32 Å². The van der Waals surface area contributed by atoms with Gasteiger partial charge in [0.2, 0.25) is 0 Å². The Labute approximate surface area is 75.8 Å². The van der Waals surface area contributed by atoms with Gasteiger partial charge in [-0.3, -0.25) is 0 Å². The van der Waals surface area contributed by atoms with Gasteiger partial charge in [-0.1, -0.05) is 5.92 Å². The van der Waals surface area contributed by atoms with Gasteiger partial charge in [0.25, 0.3) is 0 Å². The Morgan fingerprint density at radius 3 is 2.69 bits per heavy atom. The highest BCUT2D eigenvalue weighted by Gasteiger charge is 2.00. The molecule has 0 amide bonds. The topological polar surface area (TPSA) is 12.0 Å². The number of hydrogen-bond donors (Lipinski definition) is 1. The van der Waals surface area contributed by atoms with E-state index in [-0.39, 0.29) is 0 Å². The smallest absolute Gasteiger partial charge is 0.160 e. The molecule has 0 aromatic heterocycles. The van der Waals surface area contributed by atoms with Crippen LogP contribution in [0.5, 0.6) is 0 Å². The number of hydrogen-bond acceptors (Lipinski definition) is 1. The molecule has 13 heavy (non-hydrogen) atoms. The first-order chi connectivity index (χ1) is 6.24. The summed E-state index contributed by atoms with van der Waals surface area (Å²) in [4.78, 5) is 0. The van der Waals surface area contributed by atoms with Crippen LogP contribution in [0.15, 0.2) is 18.2 Å². The standard InChI is InChI=1S/C10H9F2N/c1-2-3-6-13-8-4-5-9(11)10(12)7-8/h4-5,7,13H,6H2,1H3. The van der Waals surface area contributed by atoms with Crippen LogP contribution in [-0.4, -0.2) is 6.54 Å². The second-order valence-electron chi connectivity index (χ2n) is 2.41. The monoisotopic (exact) mass is 181 g/mol. The molecule has 0 radical (unpaired) electrons. The van der Waals surface area contributed by atoms with Gasteiger partial charge in [-0.05, 0) is 19.1 Å². The predicted molar refractivity (Wildman–Crippen MR) is 48.3 cm³/mol. The Morgan fingerprint density at radius 1 is 1.31 bits per heavy atom. The first-order valence-electron chi connectivity index (χ1n) is 3.82. The molecule has 0 unspecified atom stereocenters. The summed E-state index contributed by atoms with van der Waals surface area (Å²) in [5.41, 5.74) is 0.529.